The SMILES string of the molecule is CN(C)C(c1ccc(CN)cc1)c1cccc(F)c1. The van der Waals surface area contributed by atoms with Crippen molar-refractivity contribution in [1.29, 1.82) is 0 Å². The molecule has 2 aromatic rings. The van der Waals surface area contributed by atoms with Crippen LogP contribution in [0.1, 0.15) is 22.7 Å². The number of halogens is 1. The fourth-order valence-electron chi connectivity index (χ4n) is 2.30. The minimum atomic E-state index is -0.206. The van der Waals surface area contributed by atoms with Crippen molar-refractivity contribution >= 4 is 0 Å². The molecule has 0 radical (unpaired) electrons. The van der Waals surface area contributed by atoms with Gasteiger partial charge in [0, 0.05) is 6.54 Å². The summed E-state index contributed by atoms with van der Waals surface area (Å²) in [6.45, 7) is 0.535. The van der Waals surface area contributed by atoms with Gasteiger partial charge in [0.15, 0.2) is 0 Å². The Morgan fingerprint density at radius 1 is 1.05 bits per heavy atom. The summed E-state index contributed by atoms with van der Waals surface area (Å²) in [6.07, 6.45) is 0. The van der Waals surface area contributed by atoms with Crippen LogP contribution in [-0.2, 0) is 6.54 Å². The maximum Gasteiger partial charge on any atom is 0.123 e. The van der Waals surface area contributed by atoms with Gasteiger partial charge in [-0.15, -0.1) is 0 Å². The van der Waals surface area contributed by atoms with Crippen LogP contribution in [-0.4, -0.2) is 19.0 Å². The molecule has 100 valence electrons. The van der Waals surface area contributed by atoms with Gasteiger partial charge in [-0.05, 0) is 42.9 Å². The Morgan fingerprint density at radius 2 is 1.74 bits per heavy atom. The summed E-state index contributed by atoms with van der Waals surface area (Å²) in [4.78, 5) is 2.08. The first kappa shape index (κ1) is 13.7. The van der Waals surface area contributed by atoms with Gasteiger partial charge in [-0.1, -0.05) is 36.4 Å². The second-order valence-corrected chi connectivity index (χ2v) is 4.87. The van der Waals surface area contributed by atoms with Gasteiger partial charge in [0.05, 0.1) is 6.04 Å². The van der Waals surface area contributed by atoms with Crippen LogP contribution >= 0.6 is 0 Å². The van der Waals surface area contributed by atoms with Crippen LogP contribution in [0, 0.1) is 5.82 Å². The Hall–Kier alpha value is -1.71. The molecule has 0 amide bonds. The minimum absolute atomic E-state index is 0.0440. The van der Waals surface area contributed by atoms with Crippen LogP contribution in [0.4, 0.5) is 4.39 Å². The summed E-state index contributed by atoms with van der Waals surface area (Å²) >= 11 is 0. The highest BCUT2D eigenvalue weighted by Crippen LogP contribution is 2.27. The number of hydrogen-bond donors (Lipinski definition) is 1. The molecule has 2 aromatic carbocycles. The first-order valence-electron chi connectivity index (χ1n) is 6.32. The van der Waals surface area contributed by atoms with E-state index in [-0.39, 0.29) is 11.9 Å². The average molecular weight is 258 g/mol. The van der Waals surface area contributed by atoms with Crippen molar-refractivity contribution in [2.75, 3.05) is 14.1 Å². The number of nitrogens with two attached hydrogens (primary N) is 1. The zero-order valence-electron chi connectivity index (χ0n) is 11.3. The average Bonchev–Trinajstić information content (AvgIpc) is 2.39. The number of hydrogen-bond acceptors (Lipinski definition) is 2. The van der Waals surface area contributed by atoms with Crippen LogP contribution in [0.3, 0.4) is 0 Å². The van der Waals surface area contributed by atoms with E-state index in [2.05, 4.69) is 17.0 Å². The Kier molecular flexibility index (Phi) is 4.30. The Labute approximate surface area is 113 Å². The molecule has 0 aliphatic rings. The van der Waals surface area contributed by atoms with E-state index in [1.165, 1.54) is 6.07 Å². The lowest BCUT2D eigenvalue weighted by Gasteiger charge is -2.25. The van der Waals surface area contributed by atoms with E-state index in [4.69, 9.17) is 5.73 Å². The summed E-state index contributed by atoms with van der Waals surface area (Å²) in [6, 6.07) is 14.9. The van der Waals surface area contributed by atoms with E-state index < -0.39 is 0 Å². The number of rotatable bonds is 4. The van der Waals surface area contributed by atoms with Gasteiger partial charge >= 0.3 is 0 Å². The quantitative estimate of drug-likeness (QED) is 0.913. The molecule has 0 heterocycles. The lowest BCUT2D eigenvalue weighted by molar-refractivity contribution is 0.341. The van der Waals surface area contributed by atoms with E-state index in [9.17, 15) is 4.39 Å². The van der Waals surface area contributed by atoms with Crippen molar-refractivity contribution in [3.63, 3.8) is 0 Å². The molecule has 0 aliphatic carbocycles. The summed E-state index contributed by atoms with van der Waals surface area (Å²) < 4.78 is 13.4. The van der Waals surface area contributed by atoms with Gasteiger partial charge in [-0.25, -0.2) is 4.39 Å². The molecule has 0 aliphatic heterocycles. The van der Waals surface area contributed by atoms with E-state index >= 15 is 0 Å². The van der Waals surface area contributed by atoms with Crippen LogP contribution in [0.15, 0.2) is 48.5 Å². The molecule has 2 N–H and O–H groups in total. The van der Waals surface area contributed by atoms with Crippen molar-refractivity contribution in [3.05, 3.63) is 71.0 Å². The lowest BCUT2D eigenvalue weighted by Crippen LogP contribution is -2.21. The normalized spacial score (nSPS) is 12.7. The second kappa shape index (κ2) is 5.95. The highest BCUT2D eigenvalue weighted by Gasteiger charge is 2.16. The number of nitrogens with zero attached hydrogens (tertiary/aromatic N) is 1. The fraction of sp³-hybridized carbons (Fsp3) is 0.250. The maximum absolute atomic E-state index is 13.4. The third-order valence-corrected chi connectivity index (χ3v) is 3.21. The molecular weight excluding hydrogens is 239 g/mol. The van der Waals surface area contributed by atoms with Crippen LogP contribution in [0.25, 0.3) is 0 Å². The monoisotopic (exact) mass is 258 g/mol. The molecule has 1 unspecified atom stereocenters. The van der Waals surface area contributed by atoms with Gasteiger partial charge in [-0.3, -0.25) is 4.90 Å². The minimum Gasteiger partial charge on any atom is -0.326 e. The molecular formula is C16H19FN2. The van der Waals surface area contributed by atoms with Gasteiger partial charge in [-0.2, -0.15) is 0 Å². The largest absolute Gasteiger partial charge is 0.326 e. The molecule has 0 bridgehead atoms. The summed E-state index contributed by atoms with van der Waals surface area (Å²) in [7, 11) is 3.98. The maximum atomic E-state index is 13.4. The first-order valence-corrected chi connectivity index (χ1v) is 6.32. The van der Waals surface area contributed by atoms with E-state index in [1.54, 1.807) is 12.1 Å². The highest BCUT2D eigenvalue weighted by atomic mass is 19.1. The second-order valence-electron chi connectivity index (χ2n) is 4.87. The smallest absolute Gasteiger partial charge is 0.123 e. The van der Waals surface area contributed by atoms with Crippen LogP contribution in [0.2, 0.25) is 0 Å². The standard InChI is InChI=1S/C16H19FN2/c1-19(2)16(14-4-3-5-15(17)10-14)13-8-6-12(11-18)7-9-13/h3-10,16H,11,18H2,1-2H3. The molecule has 0 spiro atoms. The Morgan fingerprint density at radius 3 is 2.26 bits per heavy atom. The number of benzene rings is 2. The molecule has 2 rings (SSSR count). The molecule has 0 aromatic heterocycles. The van der Waals surface area contributed by atoms with Crippen molar-refractivity contribution in [2.24, 2.45) is 5.73 Å². The van der Waals surface area contributed by atoms with Gasteiger partial charge in [0.1, 0.15) is 5.82 Å². The van der Waals surface area contributed by atoms with Crippen molar-refractivity contribution < 1.29 is 4.39 Å². The molecule has 0 saturated carbocycles. The van der Waals surface area contributed by atoms with Crippen LogP contribution in [0.5, 0.6) is 0 Å². The summed E-state index contributed by atoms with van der Waals surface area (Å²) in [5, 5.41) is 0. The molecule has 1 atom stereocenters. The van der Waals surface area contributed by atoms with E-state index in [0.29, 0.717) is 6.54 Å². The topological polar surface area (TPSA) is 29.3 Å². The van der Waals surface area contributed by atoms with Crippen molar-refractivity contribution in [2.45, 2.75) is 12.6 Å². The summed E-state index contributed by atoms with van der Waals surface area (Å²) in [5.41, 5.74) is 8.79. The van der Waals surface area contributed by atoms with Crippen molar-refractivity contribution in [3.8, 4) is 0 Å². The first-order chi connectivity index (χ1) is 9.11. The Bertz CT molecular complexity index is 535. The highest BCUT2D eigenvalue weighted by molar-refractivity contribution is 5.33. The molecule has 3 heteroatoms. The van der Waals surface area contributed by atoms with Gasteiger partial charge in [0.25, 0.3) is 0 Å². The van der Waals surface area contributed by atoms with E-state index in [0.717, 1.165) is 16.7 Å². The zero-order valence-corrected chi connectivity index (χ0v) is 11.3. The van der Waals surface area contributed by atoms with Gasteiger partial charge < -0.3 is 5.73 Å². The van der Waals surface area contributed by atoms with Crippen molar-refractivity contribution in [1.82, 2.24) is 4.90 Å². The predicted molar refractivity (Wildman–Crippen MR) is 76.3 cm³/mol. The lowest BCUT2D eigenvalue weighted by atomic mass is 9.97. The van der Waals surface area contributed by atoms with Crippen LogP contribution < -0.4 is 5.73 Å². The van der Waals surface area contributed by atoms with E-state index in [1.807, 2.05) is 32.3 Å². The third kappa shape index (κ3) is 3.19. The summed E-state index contributed by atoms with van der Waals surface area (Å²) in [5.74, 6) is -0.206. The third-order valence-electron chi connectivity index (χ3n) is 3.21. The zero-order chi connectivity index (χ0) is 13.8. The van der Waals surface area contributed by atoms with Gasteiger partial charge in [0.2, 0.25) is 0 Å². The predicted octanol–water partition coefficient (Wildman–Crippen LogP) is 2.94. The Balaban J connectivity index is 2.39. The fourth-order valence-corrected chi connectivity index (χ4v) is 2.30. The molecule has 19 heavy (non-hydrogen) atoms. The molecule has 0 saturated heterocycles. The molecule has 2 nitrogen and oxygen atoms in total. The molecule has 0 fully saturated rings.